The number of fused-ring (bicyclic) bond motifs is 1. The molecule has 1 saturated heterocycles. The Morgan fingerprint density at radius 2 is 1.95 bits per heavy atom. The molecule has 0 saturated carbocycles. The van der Waals surface area contributed by atoms with Gasteiger partial charge in [0, 0.05) is 0 Å². The highest BCUT2D eigenvalue weighted by atomic mass is 16.8. The molecule has 4 atom stereocenters. The molecule has 118 valence electrons. The molecule has 1 N–H and O–H groups in total. The highest BCUT2D eigenvalue weighted by molar-refractivity contribution is 5.48. The molecule has 4 heteroatoms. The van der Waals surface area contributed by atoms with Crippen molar-refractivity contribution in [3.05, 3.63) is 54.1 Å². The number of aliphatic hydroxyl groups is 1. The Morgan fingerprint density at radius 3 is 2.73 bits per heavy atom. The Bertz CT molecular complexity index is 549. The predicted octanol–water partition coefficient (Wildman–Crippen LogP) is 2.54. The van der Waals surface area contributed by atoms with Crippen molar-refractivity contribution in [3.8, 4) is 0 Å². The van der Waals surface area contributed by atoms with E-state index in [0.29, 0.717) is 6.61 Å². The molecule has 1 fully saturated rings. The van der Waals surface area contributed by atoms with Crippen molar-refractivity contribution >= 4 is 6.08 Å². The quantitative estimate of drug-likeness (QED) is 0.868. The monoisotopic (exact) mass is 302 g/mol. The predicted molar refractivity (Wildman–Crippen MR) is 84.2 cm³/mol. The third-order valence-corrected chi connectivity index (χ3v) is 3.82. The fourth-order valence-electron chi connectivity index (χ4n) is 2.82. The SMILES string of the molecule is CC1(C)O[C@H]2[C@H](O)[C@@H](OC/C=C/c3ccccc3)C=C[C@H]2O1. The summed E-state index contributed by atoms with van der Waals surface area (Å²) in [6.07, 6.45) is 6.04. The van der Waals surface area contributed by atoms with Gasteiger partial charge in [-0.3, -0.25) is 0 Å². The van der Waals surface area contributed by atoms with E-state index in [4.69, 9.17) is 14.2 Å². The summed E-state index contributed by atoms with van der Waals surface area (Å²) in [6, 6.07) is 10.0. The summed E-state index contributed by atoms with van der Waals surface area (Å²) in [7, 11) is 0. The van der Waals surface area contributed by atoms with Gasteiger partial charge in [-0.25, -0.2) is 0 Å². The maximum atomic E-state index is 10.4. The normalized spacial score (nSPS) is 33.2. The smallest absolute Gasteiger partial charge is 0.164 e. The lowest BCUT2D eigenvalue weighted by Gasteiger charge is -2.30. The topological polar surface area (TPSA) is 47.9 Å². The van der Waals surface area contributed by atoms with Gasteiger partial charge in [0.15, 0.2) is 5.79 Å². The summed E-state index contributed by atoms with van der Waals surface area (Å²) in [6.45, 7) is 4.14. The van der Waals surface area contributed by atoms with Gasteiger partial charge < -0.3 is 19.3 Å². The maximum Gasteiger partial charge on any atom is 0.164 e. The van der Waals surface area contributed by atoms with Crippen molar-refractivity contribution in [1.82, 2.24) is 0 Å². The van der Waals surface area contributed by atoms with E-state index in [1.54, 1.807) is 0 Å². The van der Waals surface area contributed by atoms with Crippen molar-refractivity contribution in [2.45, 2.75) is 44.1 Å². The van der Waals surface area contributed by atoms with E-state index in [9.17, 15) is 5.11 Å². The van der Waals surface area contributed by atoms with Crippen LogP contribution in [0.4, 0.5) is 0 Å². The number of aliphatic hydroxyl groups excluding tert-OH is 1. The zero-order valence-electron chi connectivity index (χ0n) is 12.9. The van der Waals surface area contributed by atoms with Crippen LogP contribution in [0.15, 0.2) is 48.6 Å². The standard InChI is InChI=1S/C18H22O4/c1-18(2)21-15-11-10-14(16(19)17(15)22-18)20-12-6-9-13-7-4-3-5-8-13/h3-11,14-17,19H,12H2,1-2H3/b9-6+/t14-,15+,16+,17+/m0/s1. The van der Waals surface area contributed by atoms with Crippen molar-refractivity contribution in [2.75, 3.05) is 6.61 Å². The first-order valence-electron chi connectivity index (χ1n) is 7.60. The van der Waals surface area contributed by atoms with Crippen molar-refractivity contribution in [1.29, 1.82) is 0 Å². The number of hydrogen-bond donors (Lipinski definition) is 1. The van der Waals surface area contributed by atoms with Gasteiger partial charge in [0.05, 0.1) is 6.61 Å². The van der Waals surface area contributed by atoms with E-state index >= 15 is 0 Å². The van der Waals surface area contributed by atoms with Gasteiger partial charge in [-0.1, -0.05) is 54.6 Å². The Labute approximate surface area is 131 Å². The van der Waals surface area contributed by atoms with E-state index in [0.717, 1.165) is 5.56 Å². The number of benzene rings is 1. The molecular weight excluding hydrogens is 280 g/mol. The van der Waals surface area contributed by atoms with Crippen LogP contribution in [0, 0.1) is 0 Å². The van der Waals surface area contributed by atoms with Gasteiger partial charge in [-0.15, -0.1) is 0 Å². The fourth-order valence-corrected chi connectivity index (χ4v) is 2.82. The molecule has 0 bridgehead atoms. The van der Waals surface area contributed by atoms with Crippen LogP contribution < -0.4 is 0 Å². The van der Waals surface area contributed by atoms with Crippen LogP contribution in [0.5, 0.6) is 0 Å². The Kier molecular flexibility index (Phi) is 4.45. The molecular formula is C18H22O4. The molecule has 1 aliphatic heterocycles. The molecule has 0 amide bonds. The molecule has 1 heterocycles. The van der Waals surface area contributed by atoms with Crippen LogP contribution in [0.2, 0.25) is 0 Å². The molecule has 0 unspecified atom stereocenters. The van der Waals surface area contributed by atoms with E-state index < -0.39 is 11.9 Å². The maximum absolute atomic E-state index is 10.4. The molecule has 2 aliphatic rings. The molecule has 1 aliphatic carbocycles. The zero-order valence-corrected chi connectivity index (χ0v) is 12.9. The van der Waals surface area contributed by atoms with Crippen molar-refractivity contribution in [2.24, 2.45) is 0 Å². The van der Waals surface area contributed by atoms with Gasteiger partial charge in [0.2, 0.25) is 0 Å². The second-order valence-electron chi connectivity index (χ2n) is 6.05. The summed E-state index contributed by atoms with van der Waals surface area (Å²) < 4.78 is 17.2. The molecule has 0 spiro atoms. The van der Waals surface area contributed by atoms with Crippen LogP contribution >= 0.6 is 0 Å². The van der Waals surface area contributed by atoms with Crippen LogP contribution in [-0.4, -0.2) is 41.9 Å². The van der Waals surface area contributed by atoms with Crippen LogP contribution in [0.3, 0.4) is 0 Å². The molecule has 3 rings (SSSR count). The second kappa shape index (κ2) is 6.34. The van der Waals surface area contributed by atoms with Crippen LogP contribution in [0.1, 0.15) is 19.4 Å². The van der Waals surface area contributed by atoms with Crippen molar-refractivity contribution < 1.29 is 19.3 Å². The lowest BCUT2D eigenvalue weighted by atomic mass is 9.96. The average Bonchev–Trinajstić information content (AvgIpc) is 2.82. The molecule has 1 aromatic rings. The number of hydrogen-bond acceptors (Lipinski definition) is 4. The third kappa shape index (κ3) is 3.47. The van der Waals surface area contributed by atoms with E-state index in [1.165, 1.54) is 0 Å². The van der Waals surface area contributed by atoms with Gasteiger partial charge in [-0.05, 0) is 19.4 Å². The summed E-state index contributed by atoms with van der Waals surface area (Å²) in [4.78, 5) is 0. The Morgan fingerprint density at radius 1 is 1.18 bits per heavy atom. The third-order valence-electron chi connectivity index (χ3n) is 3.82. The van der Waals surface area contributed by atoms with Gasteiger partial charge in [-0.2, -0.15) is 0 Å². The average molecular weight is 302 g/mol. The molecule has 0 aromatic heterocycles. The van der Waals surface area contributed by atoms with Crippen LogP contribution in [0.25, 0.3) is 6.08 Å². The summed E-state index contributed by atoms with van der Waals surface area (Å²) in [5.74, 6) is -0.664. The molecule has 22 heavy (non-hydrogen) atoms. The first kappa shape index (κ1) is 15.4. The minimum Gasteiger partial charge on any atom is -0.387 e. The highest BCUT2D eigenvalue weighted by Crippen LogP contribution is 2.34. The highest BCUT2D eigenvalue weighted by Gasteiger charge is 2.47. The Hall–Kier alpha value is -1.46. The first-order valence-corrected chi connectivity index (χ1v) is 7.60. The van der Waals surface area contributed by atoms with Crippen molar-refractivity contribution in [3.63, 3.8) is 0 Å². The minimum atomic E-state index is -0.720. The number of rotatable bonds is 4. The van der Waals surface area contributed by atoms with Gasteiger partial charge in [0.1, 0.15) is 24.4 Å². The zero-order chi connectivity index (χ0) is 15.6. The summed E-state index contributed by atoms with van der Waals surface area (Å²) in [5.41, 5.74) is 1.13. The van der Waals surface area contributed by atoms with Crippen LogP contribution in [-0.2, 0) is 14.2 Å². The summed E-state index contributed by atoms with van der Waals surface area (Å²) in [5, 5.41) is 10.4. The second-order valence-corrected chi connectivity index (χ2v) is 6.05. The molecule has 0 radical (unpaired) electrons. The van der Waals surface area contributed by atoms with E-state index in [2.05, 4.69) is 0 Å². The lowest BCUT2D eigenvalue weighted by molar-refractivity contribution is -0.160. The van der Waals surface area contributed by atoms with E-state index in [-0.39, 0.29) is 18.3 Å². The molecule has 1 aromatic carbocycles. The van der Waals surface area contributed by atoms with Gasteiger partial charge >= 0.3 is 0 Å². The van der Waals surface area contributed by atoms with E-state index in [1.807, 2.05) is 68.5 Å². The van der Waals surface area contributed by atoms with Gasteiger partial charge in [0.25, 0.3) is 0 Å². The molecule has 4 nitrogen and oxygen atoms in total. The minimum absolute atomic E-state index is 0.204. The fraction of sp³-hybridized carbons (Fsp3) is 0.444. The first-order chi connectivity index (χ1) is 10.6. The lowest BCUT2D eigenvalue weighted by Crippen LogP contribution is -2.46. The Balaban J connectivity index is 1.54. The largest absolute Gasteiger partial charge is 0.387 e. The number of ether oxygens (including phenoxy) is 3. The summed E-state index contributed by atoms with van der Waals surface area (Å²) >= 11 is 0.